The Balaban J connectivity index is 3.23. The van der Waals surface area contributed by atoms with Gasteiger partial charge in [0, 0.05) is 25.7 Å². The first-order chi connectivity index (χ1) is 22.0. The largest absolute Gasteiger partial charge is 0.463 e. The van der Waals surface area contributed by atoms with E-state index in [1.54, 1.807) is 0 Å². The van der Waals surface area contributed by atoms with Gasteiger partial charge in [-0.2, -0.15) is 0 Å². The lowest BCUT2D eigenvalue weighted by Gasteiger charge is -2.24. The summed E-state index contributed by atoms with van der Waals surface area (Å²) in [5.41, 5.74) is 0. The quantitative estimate of drug-likeness (QED) is 0.268. The van der Waals surface area contributed by atoms with Gasteiger partial charge in [0.2, 0.25) is 24.4 Å². The first kappa shape index (κ1) is 39.8. The number of rotatable bonds is 8. The number of cyclic esters (lactones) is 4. The van der Waals surface area contributed by atoms with E-state index in [1.165, 1.54) is 27.7 Å². The molecule has 0 saturated carbocycles. The van der Waals surface area contributed by atoms with Gasteiger partial charge in [-0.15, -0.1) is 0 Å². The molecule has 0 aromatic rings. The van der Waals surface area contributed by atoms with E-state index in [1.807, 2.05) is 0 Å². The van der Waals surface area contributed by atoms with Crippen LogP contribution in [0.3, 0.4) is 0 Å². The third kappa shape index (κ3) is 14.7. The minimum Gasteiger partial charge on any atom is -0.463 e. The van der Waals surface area contributed by atoms with E-state index in [4.69, 9.17) is 37.9 Å². The average molecular weight is 661 g/mol. The predicted octanol–water partition coefficient (Wildman–Crippen LogP) is 1.80. The number of hydrogen-bond acceptors (Lipinski definition) is 16. The minimum absolute atomic E-state index is 0.119. The molecule has 0 radical (unpaired) electrons. The van der Waals surface area contributed by atoms with E-state index in [-0.39, 0.29) is 90.6 Å². The molecule has 16 nitrogen and oxygen atoms in total. The van der Waals surface area contributed by atoms with Crippen molar-refractivity contribution >= 4 is 47.8 Å². The lowest BCUT2D eigenvalue weighted by Crippen LogP contribution is -2.47. The summed E-state index contributed by atoms with van der Waals surface area (Å²) in [5.74, 6) is -8.10. The Morgan fingerprint density at radius 1 is 0.435 bits per heavy atom. The second-order valence-corrected chi connectivity index (χ2v) is 9.77. The van der Waals surface area contributed by atoms with Crippen molar-refractivity contribution < 1.29 is 76.3 Å². The summed E-state index contributed by atoms with van der Waals surface area (Å²) in [5, 5.41) is 0. The third-order valence-electron chi connectivity index (χ3n) is 6.18. The van der Waals surface area contributed by atoms with Gasteiger partial charge in [-0.3, -0.25) is 19.2 Å². The van der Waals surface area contributed by atoms with E-state index in [9.17, 15) is 38.4 Å². The molecular weight excluding hydrogens is 616 g/mol. The highest BCUT2D eigenvalue weighted by atomic mass is 16.6. The molecule has 0 N–H and O–H groups in total. The Bertz CT molecular complexity index is 892. The van der Waals surface area contributed by atoms with Gasteiger partial charge >= 0.3 is 47.8 Å². The molecule has 1 saturated heterocycles. The van der Waals surface area contributed by atoms with Gasteiger partial charge in [0.1, 0.15) is 0 Å². The Morgan fingerprint density at radius 2 is 0.630 bits per heavy atom. The average Bonchev–Trinajstić information content (AvgIpc) is 3.00. The van der Waals surface area contributed by atoms with Crippen LogP contribution in [0.15, 0.2) is 0 Å². The maximum absolute atomic E-state index is 12.7. The van der Waals surface area contributed by atoms with E-state index in [0.29, 0.717) is 0 Å². The fourth-order valence-electron chi connectivity index (χ4n) is 4.06. The Hall–Kier alpha value is -4.24. The van der Waals surface area contributed by atoms with Crippen molar-refractivity contribution in [1.29, 1.82) is 0 Å². The monoisotopic (exact) mass is 660 g/mol. The molecule has 46 heavy (non-hydrogen) atoms. The molecule has 0 amide bonds. The van der Waals surface area contributed by atoms with Crippen molar-refractivity contribution in [2.45, 2.75) is 116 Å². The molecule has 0 aliphatic carbocycles. The van der Waals surface area contributed by atoms with Crippen molar-refractivity contribution in [3.8, 4) is 0 Å². The van der Waals surface area contributed by atoms with Crippen molar-refractivity contribution in [2.24, 2.45) is 0 Å². The number of carbonyl (C=O) groups excluding carboxylic acids is 8. The van der Waals surface area contributed by atoms with Crippen LogP contribution in [-0.4, -0.2) is 98.6 Å². The second-order valence-electron chi connectivity index (χ2n) is 9.77. The zero-order chi connectivity index (χ0) is 34.5. The van der Waals surface area contributed by atoms with Gasteiger partial charge in [0.25, 0.3) is 0 Å². The summed E-state index contributed by atoms with van der Waals surface area (Å²) in [4.78, 5) is 101. The van der Waals surface area contributed by atoms with Crippen LogP contribution in [0.25, 0.3) is 0 Å². The summed E-state index contributed by atoms with van der Waals surface area (Å²) < 4.78 is 40.6. The minimum atomic E-state index is -1.93. The van der Waals surface area contributed by atoms with Gasteiger partial charge in [-0.1, -0.05) is 12.8 Å². The molecule has 1 aliphatic rings. The molecule has 0 spiro atoms. The fourth-order valence-corrected chi connectivity index (χ4v) is 4.06. The number of hydrogen-bond donors (Lipinski definition) is 0. The van der Waals surface area contributed by atoms with Gasteiger partial charge in [0.15, 0.2) is 0 Å². The molecule has 1 rings (SSSR count). The van der Waals surface area contributed by atoms with Crippen LogP contribution >= 0.6 is 0 Å². The highest BCUT2D eigenvalue weighted by molar-refractivity contribution is 5.90. The Labute approximate surface area is 267 Å². The second kappa shape index (κ2) is 22.3. The molecule has 0 unspecified atom stereocenters. The molecule has 0 aromatic carbocycles. The van der Waals surface area contributed by atoms with Crippen LogP contribution in [0.5, 0.6) is 0 Å². The zero-order valence-corrected chi connectivity index (χ0v) is 26.7. The summed E-state index contributed by atoms with van der Waals surface area (Å²) in [6.45, 7) is 5.50. The molecule has 1 heterocycles. The molecule has 1 fully saturated rings. The molecule has 16 heteroatoms. The summed E-state index contributed by atoms with van der Waals surface area (Å²) in [7, 11) is 0. The van der Waals surface area contributed by atoms with E-state index < -0.39 is 72.2 Å². The van der Waals surface area contributed by atoms with E-state index in [0.717, 1.165) is 0 Å². The standard InChI is InChI=1S/C30H44O16/c1-5-39-27(35)23-24(28(36)40-6-2)44-20(32)16-12-10-14-18-22(34)46-26(30(38)42-8-4)25(29(37)41-7-3)45-21(33)17-13-9-11-15-19(31)43-23/h23-26H,5-18H2,1-4H3/t23-,24-,25-,26-/m0/s1. The van der Waals surface area contributed by atoms with Crippen LogP contribution < -0.4 is 0 Å². The molecular formula is C30H44O16. The lowest BCUT2D eigenvalue weighted by atomic mass is 10.1. The summed E-state index contributed by atoms with van der Waals surface area (Å²) in [6, 6.07) is 0. The zero-order valence-electron chi connectivity index (χ0n) is 26.7. The van der Waals surface area contributed by atoms with Crippen molar-refractivity contribution in [3.05, 3.63) is 0 Å². The fraction of sp³-hybridized carbons (Fsp3) is 0.733. The predicted molar refractivity (Wildman–Crippen MR) is 152 cm³/mol. The van der Waals surface area contributed by atoms with Crippen LogP contribution in [0.4, 0.5) is 0 Å². The third-order valence-corrected chi connectivity index (χ3v) is 6.18. The molecule has 260 valence electrons. The van der Waals surface area contributed by atoms with Crippen LogP contribution in [0, 0.1) is 0 Å². The SMILES string of the molecule is CCOC(=O)[C@H]1OC(=O)CCCCCC(=O)O[C@H](C(=O)OCC)[C@@H](C(=O)OCC)OC(=O)CCCCCC(=O)O[C@@H]1C(=O)OCC. The smallest absolute Gasteiger partial charge is 0.352 e. The highest BCUT2D eigenvalue weighted by Crippen LogP contribution is 2.18. The van der Waals surface area contributed by atoms with Crippen molar-refractivity contribution in [2.75, 3.05) is 26.4 Å². The van der Waals surface area contributed by atoms with Crippen molar-refractivity contribution in [1.82, 2.24) is 0 Å². The number of esters is 8. The van der Waals surface area contributed by atoms with E-state index >= 15 is 0 Å². The molecule has 0 bridgehead atoms. The topological polar surface area (TPSA) is 210 Å². The van der Waals surface area contributed by atoms with Gasteiger partial charge in [-0.25, -0.2) is 19.2 Å². The Morgan fingerprint density at radius 3 is 0.804 bits per heavy atom. The summed E-state index contributed by atoms with van der Waals surface area (Å²) >= 11 is 0. The van der Waals surface area contributed by atoms with Crippen LogP contribution in [-0.2, 0) is 76.3 Å². The number of ether oxygens (including phenoxy) is 8. The number of carbonyl (C=O) groups is 8. The van der Waals surface area contributed by atoms with Gasteiger partial charge in [-0.05, 0) is 53.4 Å². The van der Waals surface area contributed by atoms with Crippen molar-refractivity contribution in [3.63, 3.8) is 0 Å². The molecule has 4 atom stereocenters. The normalized spacial score (nSPS) is 23.0. The molecule has 0 aromatic heterocycles. The maximum atomic E-state index is 12.7. The molecule has 1 aliphatic heterocycles. The maximum Gasteiger partial charge on any atom is 0.352 e. The van der Waals surface area contributed by atoms with Crippen LogP contribution in [0.1, 0.15) is 91.9 Å². The first-order valence-corrected chi connectivity index (χ1v) is 15.4. The first-order valence-electron chi connectivity index (χ1n) is 15.4. The Kier molecular flexibility index (Phi) is 19.3. The van der Waals surface area contributed by atoms with Crippen LogP contribution in [0.2, 0.25) is 0 Å². The lowest BCUT2D eigenvalue weighted by molar-refractivity contribution is -0.192. The van der Waals surface area contributed by atoms with Gasteiger partial charge in [0.05, 0.1) is 26.4 Å². The van der Waals surface area contributed by atoms with E-state index in [2.05, 4.69) is 0 Å². The highest BCUT2D eigenvalue weighted by Gasteiger charge is 2.43. The van der Waals surface area contributed by atoms with Gasteiger partial charge < -0.3 is 37.9 Å². The summed E-state index contributed by atoms with van der Waals surface area (Å²) in [6.07, 6.45) is -7.51.